The Morgan fingerprint density at radius 1 is 1.27 bits per heavy atom. The zero-order chi connectivity index (χ0) is 17.7. The largest absolute Gasteiger partial charge is 0.346 e. The van der Waals surface area contributed by atoms with Crippen LogP contribution in [0.15, 0.2) is 18.5 Å². The van der Waals surface area contributed by atoms with Crippen LogP contribution in [0.25, 0.3) is 22.1 Å². The molecule has 2 N–H and O–H groups in total. The maximum atomic E-state index is 12.6. The fraction of sp³-hybridized carbons (Fsp3) is 0.526. The number of aromatic nitrogens is 4. The number of carbonyl (C=O) groups is 1. The molecule has 5 rings (SSSR count). The SMILES string of the molecule is Cc1nc2cnc3[nH]ccc3c2n1C1CCN(C(=O)C2CCCN2)CC1. The number of amides is 1. The number of fused-ring (bicyclic) bond motifs is 3. The minimum Gasteiger partial charge on any atom is -0.346 e. The summed E-state index contributed by atoms with van der Waals surface area (Å²) in [6, 6.07) is 2.49. The number of rotatable bonds is 2. The number of aromatic amines is 1. The summed E-state index contributed by atoms with van der Waals surface area (Å²) in [7, 11) is 0. The van der Waals surface area contributed by atoms with E-state index in [4.69, 9.17) is 4.98 Å². The van der Waals surface area contributed by atoms with Crippen molar-refractivity contribution >= 4 is 28.0 Å². The lowest BCUT2D eigenvalue weighted by molar-refractivity contribution is -0.134. The van der Waals surface area contributed by atoms with Crippen molar-refractivity contribution < 1.29 is 4.79 Å². The van der Waals surface area contributed by atoms with Gasteiger partial charge in [-0.3, -0.25) is 4.79 Å². The predicted octanol–water partition coefficient (Wildman–Crippen LogP) is 2.14. The molecule has 5 heterocycles. The number of piperidine rings is 1. The number of likely N-dealkylation sites (tertiary alicyclic amines) is 1. The van der Waals surface area contributed by atoms with Gasteiger partial charge in [0.05, 0.1) is 17.8 Å². The second-order valence-electron chi connectivity index (χ2n) is 7.47. The molecule has 0 aromatic carbocycles. The summed E-state index contributed by atoms with van der Waals surface area (Å²) in [6.07, 6.45) is 7.80. The maximum absolute atomic E-state index is 12.6. The summed E-state index contributed by atoms with van der Waals surface area (Å²) in [5.74, 6) is 1.31. The molecule has 3 aromatic heterocycles. The number of hydrogen-bond donors (Lipinski definition) is 2. The molecule has 7 heteroatoms. The van der Waals surface area contributed by atoms with Gasteiger partial charge in [-0.1, -0.05) is 0 Å². The molecule has 26 heavy (non-hydrogen) atoms. The van der Waals surface area contributed by atoms with Gasteiger partial charge in [-0.15, -0.1) is 0 Å². The highest BCUT2D eigenvalue weighted by molar-refractivity contribution is 6.01. The van der Waals surface area contributed by atoms with E-state index in [2.05, 4.69) is 32.8 Å². The highest BCUT2D eigenvalue weighted by atomic mass is 16.2. The monoisotopic (exact) mass is 352 g/mol. The van der Waals surface area contributed by atoms with E-state index in [1.54, 1.807) is 0 Å². The van der Waals surface area contributed by atoms with Crippen LogP contribution < -0.4 is 5.32 Å². The Morgan fingerprint density at radius 3 is 2.88 bits per heavy atom. The lowest BCUT2D eigenvalue weighted by Crippen LogP contribution is -2.47. The zero-order valence-corrected chi connectivity index (χ0v) is 15.0. The first-order chi connectivity index (χ1) is 12.7. The fourth-order valence-corrected chi connectivity index (χ4v) is 4.62. The first-order valence-electron chi connectivity index (χ1n) is 9.55. The third kappa shape index (κ3) is 2.41. The number of nitrogens with zero attached hydrogens (tertiary/aromatic N) is 4. The molecule has 1 unspecified atom stereocenters. The molecular weight excluding hydrogens is 328 g/mol. The van der Waals surface area contributed by atoms with Crippen LogP contribution in [0.3, 0.4) is 0 Å². The third-order valence-electron chi connectivity index (χ3n) is 5.91. The molecule has 2 aliphatic heterocycles. The van der Waals surface area contributed by atoms with Crippen molar-refractivity contribution in [3.05, 3.63) is 24.3 Å². The normalized spacial score (nSPS) is 21.9. The van der Waals surface area contributed by atoms with E-state index in [1.807, 2.05) is 17.3 Å². The van der Waals surface area contributed by atoms with Crippen LogP contribution in [-0.2, 0) is 4.79 Å². The van der Waals surface area contributed by atoms with Gasteiger partial charge in [-0.2, -0.15) is 0 Å². The first-order valence-corrected chi connectivity index (χ1v) is 9.55. The van der Waals surface area contributed by atoms with Gasteiger partial charge in [0.2, 0.25) is 5.91 Å². The summed E-state index contributed by atoms with van der Waals surface area (Å²) < 4.78 is 2.36. The van der Waals surface area contributed by atoms with E-state index in [9.17, 15) is 4.79 Å². The number of carbonyl (C=O) groups excluding carboxylic acids is 1. The van der Waals surface area contributed by atoms with Gasteiger partial charge >= 0.3 is 0 Å². The van der Waals surface area contributed by atoms with Crippen molar-refractivity contribution in [1.82, 2.24) is 29.7 Å². The smallest absolute Gasteiger partial charge is 0.239 e. The average Bonchev–Trinajstić information content (AvgIpc) is 3.39. The van der Waals surface area contributed by atoms with Crippen molar-refractivity contribution in [3.63, 3.8) is 0 Å². The highest BCUT2D eigenvalue weighted by Gasteiger charge is 2.31. The second kappa shape index (κ2) is 6.09. The lowest BCUT2D eigenvalue weighted by atomic mass is 10.0. The second-order valence-corrected chi connectivity index (χ2v) is 7.47. The Kier molecular flexibility index (Phi) is 3.70. The molecule has 0 bridgehead atoms. The number of pyridine rings is 1. The van der Waals surface area contributed by atoms with Crippen LogP contribution in [0.1, 0.15) is 37.5 Å². The summed E-state index contributed by atoms with van der Waals surface area (Å²) >= 11 is 0. The summed E-state index contributed by atoms with van der Waals surface area (Å²) in [6.45, 7) is 4.68. The van der Waals surface area contributed by atoms with E-state index < -0.39 is 0 Å². The summed E-state index contributed by atoms with van der Waals surface area (Å²) in [4.78, 5) is 27.1. The van der Waals surface area contributed by atoms with Crippen LogP contribution in [0.5, 0.6) is 0 Å². The molecule has 1 atom stereocenters. The summed E-state index contributed by atoms with van der Waals surface area (Å²) in [5.41, 5.74) is 3.01. The van der Waals surface area contributed by atoms with Crippen molar-refractivity contribution in [2.45, 2.75) is 44.7 Å². The van der Waals surface area contributed by atoms with Crippen molar-refractivity contribution in [1.29, 1.82) is 0 Å². The van der Waals surface area contributed by atoms with Crippen LogP contribution in [0.2, 0.25) is 0 Å². The zero-order valence-electron chi connectivity index (χ0n) is 15.0. The number of aryl methyl sites for hydroxylation is 1. The molecule has 2 aliphatic rings. The Morgan fingerprint density at radius 2 is 2.12 bits per heavy atom. The number of imidazole rings is 1. The average molecular weight is 352 g/mol. The number of nitrogens with one attached hydrogen (secondary N) is 2. The number of H-pyrrole nitrogens is 1. The molecule has 0 aliphatic carbocycles. The van der Waals surface area contributed by atoms with Crippen LogP contribution >= 0.6 is 0 Å². The van der Waals surface area contributed by atoms with Gasteiger partial charge < -0.3 is 19.8 Å². The topological polar surface area (TPSA) is 78.8 Å². The van der Waals surface area contributed by atoms with Crippen LogP contribution in [-0.4, -0.2) is 56.0 Å². The van der Waals surface area contributed by atoms with Crippen molar-refractivity contribution in [3.8, 4) is 0 Å². The van der Waals surface area contributed by atoms with E-state index in [-0.39, 0.29) is 11.9 Å². The fourth-order valence-electron chi connectivity index (χ4n) is 4.62. The Hall–Kier alpha value is -2.41. The minimum absolute atomic E-state index is 0.0351. The molecule has 0 radical (unpaired) electrons. The van der Waals surface area contributed by atoms with Gasteiger partial charge in [0, 0.05) is 30.7 Å². The Bertz CT molecular complexity index is 959. The van der Waals surface area contributed by atoms with Gasteiger partial charge in [0.1, 0.15) is 17.0 Å². The molecule has 2 fully saturated rings. The Labute approximate surface area is 151 Å². The highest BCUT2D eigenvalue weighted by Crippen LogP contribution is 2.32. The van der Waals surface area contributed by atoms with E-state index in [0.717, 1.165) is 73.2 Å². The predicted molar refractivity (Wildman–Crippen MR) is 100.0 cm³/mol. The molecule has 0 saturated carbocycles. The van der Waals surface area contributed by atoms with E-state index >= 15 is 0 Å². The molecular formula is C19H24N6O. The Balaban J connectivity index is 1.42. The van der Waals surface area contributed by atoms with E-state index in [0.29, 0.717) is 6.04 Å². The van der Waals surface area contributed by atoms with Gasteiger partial charge in [0.15, 0.2) is 0 Å². The molecule has 136 valence electrons. The third-order valence-corrected chi connectivity index (χ3v) is 5.91. The van der Waals surface area contributed by atoms with Crippen molar-refractivity contribution in [2.24, 2.45) is 0 Å². The van der Waals surface area contributed by atoms with Crippen molar-refractivity contribution in [2.75, 3.05) is 19.6 Å². The maximum Gasteiger partial charge on any atom is 0.239 e. The number of hydrogen-bond acceptors (Lipinski definition) is 4. The standard InChI is InChI=1S/C19H24N6O/c1-12-23-16-11-22-18-14(4-8-21-18)17(16)25(12)13-5-9-24(10-6-13)19(26)15-3-2-7-20-15/h4,8,11,13,15,20H,2-3,5-7,9-10H2,1H3,(H,21,22). The van der Waals surface area contributed by atoms with Gasteiger partial charge in [-0.25, -0.2) is 9.97 Å². The van der Waals surface area contributed by atoms with Crippen LogP contribution in [0, 0.1) is 6.92 Å². The lowest BCUT2D eigenvalue weighted by Gasteiger charge is -2.34. The summed E-state index contributed by atoms with van der Waals surface area (Å²) in [5, 5.41) is 4.45. The quantitative estimate of drug-likeness (QED) is 0.741. The van der Waals surface area contributed by atoms with Crippen LogP contribution in [0.4, 0.5) is 0 Å². The molecule has 3 aromatic rings. The molecule has 0 spiro atoms. The molecule has 1 amide bonds. The first kappa shape index (κ1) is 15.8. The molecule has 7 nitrogen and oxygen atoms in total. The molecule has 2 saturated heterocycles. The van der Waals surface area contributed by atoms with Gasteiger partial charge in [-0.05, 0) is 45.2 Å². The minimum atomic E-state index is 0.0351. The van der Waals surface area contributed by atoms with Gasteiger partial charge in [0.25, 0.3) is 0 Å². The van der Waals surface area contributed by atoms with E-state index in [1.165, 1.54) is 0 Å².